The molecule has 2 aromatic carbocycles. The highest BCUT2D eigenvalue weighted by Gasteiger charge is 2.06. The molecule has 4 nitrogen and oxygen atoms in total. The summed E-state index contributed by atoms with van der Waals surface area (Å²) in [5.74, 6) is 0.899. The summed E-state index contributed by atoms with van der Waals surface area (Å²) < 4.78 is 0. The minimum absolute atomic E-state index is 0.556. The largest absolute Gasteiger partial charge is 0.378 e. The van der Waals surface area contributed by atoms with Crippen LogP contribution in [-0.2, 0) is 0 Å². The first-order chi connectivity index (χ1) is 11.9. The van der Waals surface area contributed by atoms with Crippen LogP contribution >= 0.6 is 11.8 Å². The molecule has 0 radical (unpaired) electrons. The normalized spacial score (nSPS) is 9.44. The van der Waals surface area contributed by atoms with Gasteiger partial charge in [0.2, 0.25) is 0 Å². The van der Waals surface area contributed by atoms with Crippen molar-refractivity contribution in [2.45, 2.75) is 6.92 Å². The van der Waals surface area contributed by atoms with E-state index in [9.17, 15) is 0 Å². The maximum atomic E-state index is 8.30. The van der Waals surface area contributed by atoms with E-state index >= 15 is 0 Å². The standard InChI is InChI=1S/C17H21N3.C3H5NS/c1-19(2)15-9-5-13(6-10-15)17(18)14-7-11-16(12-8-14)20(3)4;1-2-5-3-4/h5-12,18H,1-4H3;2H2,1H3. The summed E-state index contributed by atoms with van der Waals surface area (Å²) in [5, 5.41) is 18.0. The fraction of sp³-hybridized carbons (Fsp3) is 0.300. The lowest BCUT2D eigenvalue weighted by Crippen LogP contribution is -2.10. The predicted octanol–water partition coefficient (Wildman–Crippen LogP) is 4.46. The van der Waals surface area contributed by atoms with E-state index in [4.69, 9.17) is 10.7 Å². The summed E-state index contributed by atoms with van der Waals surface area (Å²) >= 11 is 1.27. The highest BCUT2D eigenvalue weighted by Crippen LogP contribution is 2.18. The molecule has 0 saturated heterocycles. The Kier molecular flexibility index (Phi) is 8.59. The number of nitrogens with zero attached hydrogens (tertiary/aromatic N) is 3. The molecule has 0 aromatic heterocycles. The summed E-state index contributed by atoms with van der Waals surface area (Å²) in [6.07, 6.45) is 0. The van der Waals surface area contributed by atoms with Crippen molar-refractivity contribution in [2.24, 2.45) is 0 Å². The fourth-order valence-corrected chi connectivity index (χ4v) is 2.21. The van der Waals surface area contributed by atoms with Gasteiger partial charge in [0, 0.05) is 56.4 Å². The van der Waals surface area contributed by atoms with Crippen LogP contribution in [-0.4, -0.2) is 39.7 Å². The van der Waals surface area contributed by atoms with E-state index in [1.165, 1.54) is 11.8 Å². The molecule has 132 valence electrons. The van der Waals surface area contributed by atoms with Crippen molar-refractivity contribution in [2.75, 3.05) is 43.7 Å². The molecule has 1 N–H and O–H groups in total. The summed E-state index contributed by atoms with van der Waals surface area (Å²) in [5.41, 5.74) is 4.72. The van der Waals surface area contributed by atoms with E-state index in [2.05, 4.69) is 9.80 Å². The molecule has 0 atom stereocenters. The van der Waals surface area contributed by atoms with E-state index in [0.717, 1.165) is 28.3 Å². The second kappa shape index (κ2) is 10.4. The molecule has 0 spiro atoms. The van der Waals surface area contributed by atoms with Crippen molar-refractivity contribution in [1.29, 1.82) is 10.7 Å². The summed E-state index contributed by atoms with van der Waals surface area (Å²) in [7, 11) is 8.06. The minimum Gasteiger partial charge on any atom is -0.378 e. The first-order valence-electron chi connectivity index (χ1n) is 8.05. The lowest BCUT2D eigenvalue weighted by Gasteiger charge is -2.14. The Morgan fingerprint density at radius 3 is 1.44 bits per heavy atom. The number of hydrogen-bond acceptors (Lipinski definition) is 5. The zero-order valence-electron chi connectivity index (χ0n) is 15.6. The number of hydrogen-bond donors (Lipinski definition) is 1. The Hall–Kier alpha value is -2.45. The van der Waals surface area contributed by atoms with Gasteiger partial charge >= 0.3 is 0 Å². The van der Waals surface area contributed by atoms with E-state index < -0.39 is 0 Å². The van der Waals surface area contributed by atoms with E-state index in [1.807, 2.05) is 89.0 Å². The van der Waals surface area contributed by atoms with Crippen molar-refractivity contribution < 1.29 is 0 Å². The van der Waals surface area contributed by atoms with Crippen LogP contribution in [0.15, 0.2) is 48.5 Å². The zero-order chi connectivity index (χ0) is 18.8. The zero-order valence-corrected chi connectivity index (χ0v) is 16.4. The number of nitrogens with one attached hydrogen (secondary N) is 1. The molecule has 0 aliphatic carbocycles. The molecular formula is C20H26N4S. The van der Waals surface area contributed by atoms with Crippen LogP contribution in [0.5, 0.6) is 0 Å². The van der Waals surface area contributed by atoms with Gasteiger partial charge in [-0.2, -0.15) is 5.26 Å². The van der Waals surface area contributed by atoms with Gasteiger partial charge in [-0.25, -0.2) is 0 Å². The molecular weight excluding hydrogens is 328 g/mol. The Bertz CT molecular complexity index is 644. The molecule has 0 unspecified atom stereocenters. The maximum Gasteiger partial charge on any atom is 0.133 e. The lowest BCUT2D eigenvalue weighted by molar-refractivity contribution is 1.13. The van der Waals surface area contributed by atoms with Crippen molar-refractivity contribution in [3.05, 3.63) is 59.7 Å². The number of benzene rings is 2. The number of anilines is 2. The van der Waals surface area contributed by atoms with Gasteiger partial charge in [-0.05, 0) is 36.0 Å². The van der Waals surface area contributed by atoms with Gasteiger partial charge < -0.3 is 9.80 Å². The number of thiocyanates is 1. The molecule has 2 rings (SSSR count). The maximum absolute atomic E-state index is 8.30. The topological polar surface area (TPSA) is 54.1 Å². The van der Waals surface area contributed by atoms with Crippen molar-refractivity contribution >= 4 is 28.8 Å². The Morgan fingerprint density at radius 2 is 1.24 bits per heavy atom. The monoisotopic (exact) mass is 354 g/mol. The number of thioether (sulfide) groups is 1. The van der Waals surface area contributed by atoms with Crippen LogP contribution in [0.2, 0.25) is 0 Å². The van der Waals surface area contributed by atoms with Crippen LogP contribution in [0.3, 0.4) is 0 Å². The van der Waals surface area contributed by atoms with Crippen LogP contribution in [0, 0.1) is 16.1 Å². The second-order valence-corrected chi connectivity index (χ2v) is 6.83. The van der Waals surface area contributed by atoms with Gasteiger partial charge in [-0.3, -0.25) is 5.41 Å². The third-order valence-corrected chi connectivity index (χ3v) is 3.97. The third kappa shape index (κ3) is 6.52. The predicted molar refractivity (Wildman–Crippen MR) is 111 cm³/mol. The molecule has 0 amide bonds. The molecule has 25 heavy (non-hydrogen) atoms. The van der Waals surface area contributed by atoms with Gasteiger partial charge in [0.1, 0.15) is 5.40 Å². The summed E-state index contributed by atoms with van der Waals surface area (Å²) in [4.78, 5) is 4.11. The Labute approximate surface area is 155 Å². The number of nitriles is 1. The summed E-state index contributed by atoms with van der Waals surface area (Å²) in [6.45, 7) is 1.95. The highest BCUT2D eigenvalue weighted by molar-refractivity contribution is 8.03. The molecule has 0 bridgehead atoms. The average Bonchev–Trinajstić information content (AvgIpc) is 2.62. The minimum atomic E-state index is 0.556. The van der Waals surface area contributed by atoms with Crippen LogP contribution in [0.4, 0.5) is 11.4 Å². The first kappa shape index (κ1) is 20.6. The van der Waals surface area contributed by atoms with E-state index in [1.54, 1.807) is 0 Å². The molecule has 0 fully saturated rings. The third-order valence-electron chi connectivity index (χ3n) is 3.55. The molecule has 5 heteroatoms. The number of rotatable bonds is 5. The molecule has 0 aliphatic heterocycles. The fourth-order valence-electron chi connectivity index (χ4n) is 2.08. The van der Waals surface area contributed by atoms with Gasteiger partial charge in [0.05, 0.1) is 5.71 Å². The Morgan fingerprint density at radius 1 is 0.880 bits per heavy atom. The molecule has 0 heterocycles. The van der Waals surface area contributed by atoms with Crippen LogP contribution in [0.1, 0.15) is 18.1 Å². The quantitative estimate of drug-likeness (QED) is 0.636. The van der Waals surface area contributed by atoms with E-state index in [-0.39, 0.29) is 0 Å². The van der Waals surface area contributed by atoms with Gasteiger partial charge in [-0.15, -0.1) is 0 Å². The lowest BCUT2D eigenvalue weighted by atomic mass is 10.0. The first-order valence-corrected chi connectivity index (χ1v) is 9.04. The molecule has 0 aliphatic rings. The smallest absolute Gasteiger partial charge is 0.133 e. The molecule has 0 saturated carbocycles. The second-order valence-electron chi connectivity index (χ2n) is 5.78. The average molecular weight is 355 g/mol. The SMILES string of the molecule is CCSC#N.CN(C)c1ccc(C(=N)c2ccc(N(C)C)cc2)cc1. The van der Waals surface area contributed by atoms with Crippen molar-refractivity contribution in [3.8, 4) is 5.40 Å². The highest BCUT2D eigenvalue weighted by atomic mass is 32.2. The van der Waals surface area contributed by atoms with Crippen LogP contribution in [0.25, 0.3) is 0 Å². The summed E-state index contributed by atoms with van der Waals surface area (Å²) in [6, 6.07) is 16.1. The van der Waals surface area contributed by atoms with E-state index in [0.29, 0.717) is 5.71 Å². The van der Waals surface area contributed by atoms with Gasteiger partial charge in [0.25, 0.3) is 0 Å². The van der Waals surface area contributed by atoms with Crippen molar-refractivity contribution in [3.63, 3.8) is 0 Å². The van der Waals surface area contributed by atoms with Crippen molar-refractivity contribution in [1.82, 2.24) is 0 Å². The Balaban J connectivity index is 0.000000550. The van der Waals surface area contributed by atoms with Gasteiger partial charge in [0.15, 0.2) is 0 Å². The molecule has 2 aromatic rings. The van der Waals surface area contributed by atoms with Gasteiger partial charge in [-0.1, -0.05) is 31.2 Å². The van der Waals surface area contributed by atoms with Crippen LogP contribution < -0.4 is 9.80 Å².